The van der Waals surface area contributed by atoms with Crippen LogP contribution in [-0.2, 0) is 0 Å². The smallest absolute Gasteiger partial charge is 0.0178 e. The molecule has 0 saturated heterocycles. The monoisotopic (exact) mass is 234 g/mol. The van der Waals surface area contributed by atoms with E-state index in [4.69, 9.17) is 0 Å². The van der Waals surface area contributed by atoms with Crippen LogP contribution in [-0.4, -0.2) is 0 Å². The Morgan fingerprint density at radius 1 is 0.944 bits per heavy atom. The first-order valence-electron chi connectivity index (χ1n) is 6.09. The van der Waals surface area contributed by atoms with Crippen molar-refractivity contribution in [1.82, 2.24) is 0 Å². The number of fused-ring (bicyclic) bond motifs is 1. The van der Waals surface area contributed by atoms with E-state index in [0.717, 1.165) is 16.7 Å². The standard InChI is InChI=1S/C18H18/c1-13(2)5-7-15(4)16-9-10-17-11-14(3)6-8-18(17)12-16/h5-12H,1,4H2,2-3H3/b7-5-. The fourth-order valence-corrected chi connectivity index (χ4v) is 1.90. The van der Waals surface area contributed by atoms with Gasteiger partial charge in [-0.3, -0.25) is 0 Å². The van der Waals surface area contributed by atoms with Gasteiger partial charge in [0.2, 0.25) is 0 Å². The number of hydrogen-bond acceptors (Lipinski definition) is 0. The molecule has 0 bridgehead atoms. The quantitative estimate of drug-likeness (QED) is 0.633. The van der Waals surface area contributed by atoms with Crippen LogP contribution >= 0.6 is 0 Å². The Morgan fingerprint density at radius 3 is 2.33 bits per heavy atom. The molecule has 0 heteroatoms. The van der Waals surface area contributed by atoms with Crippen LogP contribution < -0.4 is 0 Å². The minimum atomic E-state index is 1.01. The van der Waals surface area contributed by atoms with E-state index < -0.39 is 0 Å². The molecule has 2 rings (SSSR count). The maximum absolute atomic E-state index is 4.09. The van der Waals surface area contributed by atoms with Crippen molar-refractivity contribution < 1.29 is 0 Å². The predicted octanol–water partition coefficient (Wildman–Crippen LogP) is 5.29. The Kier molecular flexibility index (Phi) is 3.47. The lowest BCUT2D eigenvalue weighted by Crippen LogP contribution is -1.81. The van der Waals surface area contributed by atoms with Crippen LogP contribution in [0.1, 0.15) is 18.1 Å². The summed E-state index contributed by atoms with van der Waals surface area (Å²) in [5, 5.41) is 2.53. The van der Waals surface area contributed by atoms with Gasteiger partial charge in [-0.15, -0.1) is 0 Å². The highest BCUT2D eigenvalue weighted by Crippen LogP contribution is 2.22. The van der Waals surface area contributed by atoms with Crippen LogP contribution in [0.25, 0.3) is 16.3 Å². The van der Waals surface area contributed by atoms with Crippen LogP contribution in [0.4, 0.5) is 0 Å². The van der Waals surface area contributed by atoms with Crippen molar-refractivity contribution >= 4 is 16.3 Å². The molecular weight excluding hydrogens is 216 g/mol. The molecule has 90 valence electrons. The molecule has 0 aliphatic heterocycles. The topological polar surface area (TPSA) is 0 Å². The van der Waals surface area contributed by atoms with Gasteiger partial charge < -0.3 is 0 Å². The fourth-order valence-electron chi connectivity index (χ4n) is 1.90. The van der Waals surface area contributed by atoms with Crippen LogP contribution in [0.2, 0.25) is 0 Å². The molecule has 0 nitrogen and oxygen atoms in total. The van der Waals surface area contributed by atoms with E-state index in [2.05, 4.69) is 56.5 Å². The summed E-state index contributed by atoms with van der Waals surface area (Å²) in [6.45, 7) is 12.0. The van der Waals surface area contributed by atoms with E-state index >= 15 is 0 Å². The first kappa shape index (κ1) is 12.4. The number of benzene rings is 2. The van der Waals surface area contributed by atoms with Crippen LogP contribution in [0, 0.1) is 6.92 Å². The van der Waals surface area contributed by atoms with Crippen molar-refractivity contribution in [1.29, 1.82) is 0 Å². The van der Waals surface area contributed by atoms with Gasteiger partial charge in [-0.2, -0.15) is 0 Å². The van der Waals surface area contributed by atoms with Crippen molar-refractivity contribution in [2.75, 3.05) is 0 Å². The Hall–Kier alpha value is -2.08. The van der Waals surface area contributed by atoms with Gasteiger partial charge in [-0.25, -0.2) is 0 Å². The summed E-state index contributed by atoms with van der Waals surface area (Å²) in [6.07, 6.45) is 4.00. The second kappa shape index (κ2) is 5.05. The van der Waals surface area contributed by atoms with Gasteiger partial charge in [-0.05, 0) is 41.8 Å². The van der Waals surface area contributed by atoms with Crippen LogP contribution in [0.15, 0.2) is 67.3 Å². The van der Waals surface area contributed by atoms with Crippen molar-refractivity contribution in [3.63, 3.8) is 0 Å². The van der Waals surface area contributed by atoms with Crippen molar-refractivity contribution in [3.05, 3.63) is 78.4 Å². The summed E-state index contributed by atoms with van der Waals surface area (Å²) in [5.41, 5.74) is 4.49. The summed E-state index contributed by atoms with van der Waals surface area (Å²) in [5.74, 6) is 0. The van der Waals surface area contributed by atoms with E-state index in [1.807, 2.05) is 19.1 Å². The van der Waals surface area contributed by atoms with Gasteiger partial charge >= 0.3 is 0 Å². The molecule has 0 heterocycles. The molecule has 0 N–H and O–H groups in total. The number of hydrogen-bond donors (Lipinski definition) is 0. The molecule has 0 amide bonds. The predicted molar refractivity (Wildman–Crippen MR) is 81.7 cm³/mol. The average molecular weight is 234 g/mol. The molecule has 18 heavy (non-hydrogen) atoms. The molecule has 0 radical (unpaired) electrons. The maximum Gasteiger partial charge on any atom is -0.0178 e. The first-order chi connectivity index (χ1) is 8.56. The van der Waals surface area contributed by atoms with E-state index in [1.165, 1.54) is 16.3 Å². The molecule has 2 aromatic rings. The van der Waals surface area contributed by atoms with Gasteiger partial charge in [0.1, 0.15) is 0 Å². The molecular formula is C18H18. The molecule has 0 saturated carbocycles. The zero-order valence-electron chi connectivity index (χ0n) is 11.0. The molecule has 0 aliphatic carbocycles. The summed E-state index contributed by atoms with van der Waals surface area (Å²) in [4.78, 5) is 0. The van der Waals surface area contributed by atoms with Gasteiger partial charge in [0.05, 0.1) is 0 Å². The van der Waals surface area contributed by atoms with Crippen LogP contribution in [0.3, 0.4) is 0 Å². The summed E-state index contributed by atoms with van der Waals surface area (Å²) >= 11 is 0. The van der Waals surface area contributed by atoms with Gasteiger partial charge in [-0.1, -0.05) is 66.8 Å². The molecule has 0 atom stereocenters. The molecule has 0 unspecified atom stereocenters. The second-order valence-electron chi connectivity index (χ2n) is 4.77. The maximum atomic E-state index is 4.09. The lowest BCUT2D eigenvalue weighted by atomic mass is 10.0. The Balaban J connectivity index is 2.38. The van der Waals surface area contributed by atoms with Gasteiger partial charge in [0.25, 0.3) is 0 Å². The Labute approximate surface area is 109 Å². The van der Waals surface area contributed by atoms with E-state index in [9.17, 15) is 0 Å². The minimum absolute atomic E-state index is 1.01. The van der Waals surface area contributed by atoms with E-state index in [0.29, 0.717) is 0 Å². The zero-order chi connectivity index (χ0) is 13.1. The summed E-state index contributed by atoms with van der Waals surface area (Å²) < 4.78 is 0. The zero-order valence-corrected chi connectivity index (χ0v) is 11.0. The third kappa shape index (κ3) is 2.78. The van der Waals surface area contributed by atoms with Crippen LogP contribution in [0.5, 0.6) is 0 Å². The average Bonchev–Trinajstić information content (AvgIpc) is 2.35. The second-order valence-corrected chi connectivity index (χ2v) is 4.77. The lowest BCUT2D eigenvalue weighted by molar-refractivity contribution is 1.50. The molecule has 0 aliphatic rings. The third-order valence-electron chi connectivity index (χ3n) is 2.94. The van der Waals surface area contributed by atoms with Crippen molar-refractivity contribution in [2.24, 2.45) is 0 Å². The van der Waals surface area contributed by atoms with Crippen molar-refractivity contribution in [2.45, 2.75) is 13.8 Å². The molecule has 0 fully saturated rings. The Morgan fingerprint density at radius 2 is 1.61 bits per heavy atom. The third-order valence-corrected chi connectivity index (χ3v) is 2.94. The van der Waals surface area contributed by atoms with Gasteiger partial charge in [0.15, 0.2) is 0 Å². The largest absolute Gasteiger partial charge is 0.0961 e. The number of allylic oxidation sites excluding steroid dienone is 4. The summed E-state index contributed by atoms with van der Waals surface area (Å²) in [7, 11) is 0. The molecule has 0 spiro atoms. The highest BCUT2D eigenvalue weighted by molar-refractivity contribution is 5.88. The lowest BCUT2D eigenvalue weighted by Gasteiger charge is -2.04. The fraction of sp³-hybridized carbons (Fsp3) is 0.111. The number of aryl methyl sites for hydroxylation is 1. The van der Waals surface area contributed by atoms with E-state index in [-0.39, 0.29) is 0 Å². The highest BCUT2D eigenvalue weighted by atomic mass is 14.0. The molecule has 2 aromatic carbocycles. The number of rotatable bonds is 3. The summed E-state index contributed by atoms with van der Waals surface area (Å²) in [6, 6.07) is 12.9. The first-order valence-corrected chi connectivity index (χ1v) is 6.09. The SMILES string of the molecule is C=C(C)/C=C\C(=C)c1ccc2cc(C)ccc2c1. The normalized spacial score (nSPS) is 11.0. The highest BCUT2D eigenvalue weighted by Gasteiger charge is 1.98. The molecule has 0 aromatic heterocycles. The van der Waals surface area contributed by atoms with Gasteiger partial charge in [0, 0.05) is 0 Å². The minimum Gasteiger partial charge on any atom is -0.0961 e. The van der Waals surface area contributed by atoms with E-state index in [1.54, 1.807) is 0 Å². The Bertz CT molecular complexity index is 642. The van der Waals surface area contributed by atoms with Crippen molar-refractivity contribution in [3.8, 4) is 0 Å².